The molecule has 9 nitrogen and oxygen atoms in total. The van der Waals surface area contributed by atoms with Gasteiger partial charge in [-0.2, -0.15) is 0 Å². The van der Waals surface area contributed by atoms with E-state index in [0.29, 0.717) is 0 Å². The lowest BCUT2D eigenvalue weighted by Crippen LogP contribution is -2.58. The van der Waals surface area contributed by atoms with Crippen molar-refractivity contribution in [2.75, 3.05) is 19.0 Å². The van der Waals surface area contributed by atoms with Crippen LogP contribution in [0.3, 0.4) is 0 Å². The van der Waals surface area contributed by atoms with E-state index < -0.39 is 44.5 Å². The van der Waals surface area contributed by atoms with Gasteiger partial charge < -0.3 is 15.8 Å². The van der Waals surface area contributed by atoms with Crippen LogP contribution < -0.4 is 11.1 Å². The third kappa shape index (κ3) is 3.31. The van der Waals surface area contributed by atoms with Gasteiger partial charge in [-0.1, -0.05) is 0 Å². The molecule has 164 valence electrons. The molecule has 3 N–H and O–H groups in total. The summed E-state index contributed by atoms with van der Waals surface area (Å²) in [5, 5.41) is 1.33. The molecule has 0 spiro atoms. The topological polar surface area (TPSA) is 127 Å². The summed E-state index contributed by atoms with van der Waals surface area (Å²) in [6, 6.07) is 5.98. The summed E-state index contributed by atoms with van der Waals surface area (Å²) < 4.78 is 60.5. The van der Waals surface area contributed by atoms with E-state index in [4.69, 9.17) is 10.5 Å². The number of halogens is 2. The second kappa shape index (κ2) is 7.24. The molecular formula is C19H19F2N5O4S. The van der Waals surface area contributed by atoms with Gasteiger partial charge in [0, 0.05) is 18.3 Å². The highest BCUT2D eigenvalue weighted by molar-refractivity contribution is 7.90. The van der Waals surface area contributed by atoms with E-state index in [9.17, 15) is 22.0 Å². The Kier molecular flexibility index (Phi) is 4.93. The first-order valence-electron chi connectivity index (χ1n) is 9.24. The highest BCUT2D eigenvalue weighted by Crippen LogP contribution is 2.46. The SMILES string of the molecule is C[C@@H]1OC[C@]2(c3cc(NC(=O)c4ccc(F)cn4)ccc3F)N=C(N)N(C)S(=O)(=O)[C@@H]12. The van der Waals surface area contributed by atoms with Gasteiger partial charge in [-0.3, -0.25) is 4.79 Å². The highest BCUT2D eigenvalue weighted by atomic mass is 32.2. The molecule has 1 fully saturated rings. The average Bonchev–Trinajstić information content (AvgIpc) is 3.06. The molecule has 4 rings (SSSR count). The molecule has 3 heterocycles. The van der Waals surface area contributed by atoms with Crippen LogP contribution >= 0.6 is 0 Å². The summed E-state index contributed by atoms with van der Waals surface area (Å²) in [5.74, 6) is -2.27. The first-order valence-corrected chi connectivity index (χ1v) is 10.7. The fourth-order valence-electron chi connectivity index (χ4n) is 3.91. The molecule has 3 atom stereocenters. The number of carbonyl (C=O) groups excluding carboxylic acids is 1. The number of nitrogens with one attached hydrogen (secondary N) is 1. The quantitative estimate of drug-likeness (QED) is 0.722. The molecule has 1 saturated heterocycles. The Morgan fingerprint density at radius 2 is 2.06 bits per heavy atom. The van der Waals surface area contributed by atoms with E-state index >= 15 is 0 Å². The lowest BCUT2D eigenvalue weighted by atomic mass is 9.86. The van der Waals surface area contributed by atoms with E-state index in [1.807, 2.05) is 0 Å². The summed E-state index contributed by atoms with van der Waals surface area (Å²) >= 11 is 0. The number of carbonyl (C=O) groups is 1. The van der Waals surface area contributed by atoms with Crippen LogP contribution in [0.2, 0.25) is 0 Å². The number of guanidine groups is 1. The molecule has 31 heavy (non-hydrogen) atoms. The Labute approximate surface area is 177 Å². The number of nitrogens with two attached hydrogens (primary N) is 1. The smallest absolute Gasteiger partial charge is 0.274 e. The standard InChI is InChI=1S/C19H19F2N5O4S/c1-10-16-19(9-30-10,25-18(22)26(2)31(16,28)29)13-7-12(4-5-14(13)21)24-17(27)15-6-3-11(20)8-23-15/h3-8,10,16H,9H2,1-2H3,(H2,22,25)(H,24,27)/t10-,16-,19+/m0/s1. The van der Waals surface area contributed by atoms with Crippen LogP contribution in [0.25, 0.3) is 0 Å². The van der Waals surface area contributed by atoms with Gasteiger partial charge in [0.15, 0.2) is 0 Å². The molecule has 1 amide bonds. The average molecular weight is 451 g/mol. The van der Waals surface area contributed by atoms with Crippen LogP contribution in [0, 0.1) is 11.6 Å². The van der Waals surface area contributed by atoms with Crippen LogP contribution in [-0.4, -0.2) is 54.6 Å². The molecule has 2 aromatic rings. The predicted octanol–water partition coefficient (Wildman–Crippen LogP) is 1.18. The van der Waals surface area contributed by atoms with Crippen LogP contribution in [0.15, 0.2) is 41.5 Å². The first-order chi connectivity index (χ1) is 14.6. The van der Waals surface area contributed by atoms with E-state index in [2.05, 4.69) is 15.3 Å². The number of aromatic nitrogens is 1. The first kappa shape index (κ1) is 21.1. The maximum atomic E-state index is 15.0. The number of benzene rings is 1. The van der Waals surface area contributed by atoms with Gasteiger partial charge in [0.25, 0.3) is 5.91 Å². The van der Waals surface area contributed by atoms with Gasteiger partial charge in [0.1, 0.15) is 28.1 Å². The highest BCUT2D eigenvalue weighted by Gasteiger charge is 2.61. The minimum Gasteiger partial charge on any atom is -0.374 e. The van der Waals surface area contributed by atoms with Crippen molar-refractivity contribution in [3.05, 3.63) is 59.4 Å². The van der Waals surface area contributed by atoms with E-state index in [1.165, 1.54) is 25.2 Å². The number of fused-ring (bicyclic) bond motifs is 1. The van der Waals surface area contributed by atoms with E-state index in [-0.39, 0.29) is 29.5 Å². The Morgan fingerprint density at radius 3 is 2.74 bits per heavy atom. The number of pyridine rings is 1. The minimum absolute atomic E-state index is 0.0507. The number of ether oxygens (including phenoxy) is 1. The maximum Gasteiger partial charge on any atom is 0.274 e. The van der Waals surface area contributed by atoms with Crippen molar-refractivity contribution in [3.63, 3.8) is 0 Å². The van der Waals surface area contributed by atoms with Crippen molar-refractivity contribution in [1.29, 1.82) is 0 Å². The van der Waals surface area contributed by atoms with Gasteiger partial charge in [0.2, 0.25) is 16.0 Å². The molecule has 2 aliphatic rings. The molecule has 1 aromatic carbocycles. The molecule has 12 heteroatoms. The normalized spacial score (nSPS) is 26.8. The second-order valence-corrected chi connectivity index (χ2v) is 9.44. The number of anilines is 1. The third-order valence-electron chi connectivity index (χ3n) is 5.45. The van der Waals surface area contributed by atoms with Crippen LogP contribution in [-0.2, 0) is 20.3 Å². The Hall–Kier alpha value is -3.12. The fraction of sp³-hybridized carbons (Fsp3) is 0.316. The Morgan fingerprint density at radius 1 is 1.32 bits per heavy atom. The number of amides is 1. The van der Waals surface area contributed by atoms with Crippen molar-refractivity contribution in [1.82, 2.24) is 9.29 Å². The number of nitrogens with zero attached hydrogens (tertiary/aromatic N) is 3. The summed E-state index contributed by atoms with van der Waals surface area (Å²) in [5.41, 5.74) is 4.27. The zero-order valence-corrected chi connectivity index (χ0v) is 17.4. The van der Waals surface area contributed by atoms with Crippen LogP contribution in [0.4, 0.5) is 14.5 Å². The predicted molar refractivity (Wildman–Crippen MR) is 108 cm³/mol. The Balaban J connectivity index is 1.77. The van der Waals surface area contributed by atoms with Crippen molar-refractivity contribution < 1.29 is 26.7 Å². The molecule has 0 saturated carbocycles. The van der Waals surface area contributed by atoms with Gasteiger partial charge in [0.05, 0.1) is 18.9 Å². The lowest BCUT2D eigenvalue weighted by Gasteiger charge is -2.39. The number of hydrogen-bond donors (Lipinski definition) is 2. The molecule has 0 radical (unpaired) electrons. The largest absolute Gasteiger partial charge is 0.374 e. The van der Waals surface area contributed by atoms with Crippen molar-refractivity contribution >= 4 is 27.6 Å². The molecule has 1 aromatic heterocycles. The van der Waals surface area contributed by atoms with Gasteiger partial charge >= 0.3 is 0 Å². The van der Waals surface area contributed by atoms with E-state index in [1.54, 1.807) is 6.92 Å². The van der Waals surface area contributed by atoms with Crippen molar-refractivity contribution in [2.24, 2.45) is 10.7 Å². The minimum atomic E-state index is -3.99. The molecule has 0 unspecified atom stereocenters. The number of aliphatic imine (C=N–C) groups is 1. The molecule has 0 aliphatic carbocycles. The van der Waals surface area contributed by atoms with Gasteiger partial charge in [-0.05, 0) is 37.3 Å². The third-order valence-corrected chi connectivity index (χ3v) is 7.82. The number of rotatable bonds is 3. The number of hydrogen-bond acceptors (Lipinski definition) is 7. The van der Waals surface area contributed by atoms with Gasteiger partial charge in [-0.15, -0.1) is 0 Å². The van der Waals surface area contributed by atoms with Crippen molar-refractivity contribution in [3.8, 4) is 0 Å². The van der Waals surface area contributed by atoms with Crippen LogP contribution in [0.5, 0.6) is 0 Å². The summed E-state index contributed by atoms with van der Waals surface area (Å²) in [6.07, 6.45) is 0.123. The summed E-state index contributed by atoms with van der Waals surface area (Å²) in [4.78, 5) is 20.4. The monoisotopic (exact) mass is 451 g/mol. The second-order valence-electron chi connectivity index (χ2n) is 7.35. The zero-order chi connectivity index (χ0) is 22.6. The molecule has 0 bridgehead atoms. The fourth-order valence-corrected chi connectivity index (χ4v) is 5.85. The molecule has 2 aliphatic heterocycles. The van der Waals surface area contributed by atoms with Gasteiger partial charge in [-0.25, -0.2) is 31.5 Å². The lowest BCUT2D eigenvalue weighted by molar-refractivity contribution is 0.102. The van der Waals surface area contributed by atoms with Crippen molar-refractivity contribution in [2.45, 2.75) is 23.8 Å². The van der Waals surface area contributed by atoms with E-state index in [0.717, 1.165) is 22.6 Å². The summed E-state index contributed by atoms with van der Waals surface area (Å²) in [7, 11) is -2.72. The number of sulfonamides is 1. The maximum absolute atomic E-state index is 15.0. The molecular weight excluding hydrogens is 432 g/mol. The Bertz CT molecular complexity index is 1190. The van der Waals surface area contributed by atoms with Crippen LogP contribution in [0.1, 0.15) is 23.0 Å². The zero-order valence-electron chi connectivity index (χ0n) is 16.5. The summed E-state index contributed by atoms with van der Waals surface area (Å²) in [6.45, 7) is 1.36.